The van der Waals surface area contributed by atoms with Crippen LogP contribution >= 0.6 is 11.6 Å². The molecule has 18 heavy (non-hydrogen) atoms. The maximum atomic E-state index is 12.0. The van der Waals surface area contributed by atoms with E-state index in [0.717, 1.165) is 0 Å². The van der Waals surface area contributed by atoms with Crippen LogP contribution in [0.5, 0.6) is 0 Å². The summed E-state index contributed by atoms with van der Waals surface area (Å²) in [5.74, 6) is 0. The number of aliphatic hydroxyl groups is 2. The molecule has 0 heterocycles. The maximum Gasteiger partial charge on any atom is 0.242 e. The Morgan fingerprint density at radius 2 is 1.94 bits per heavy atom. The largest absolute Gasteiger partial charge is 0.399 e. The van der Waals surface area contributed by atoms with E-state index in [-0.39, 0.29) is 9.92 Å². The second-order valence-corrected chi connectivity index (χ2v) is 6.23. The van der Waals surface area contributed by atoms with E-state index < -0.39 is 28.8 Å². The number of anilines is 1. The van der Waals surface area contributed by atoms with Crippen molar-refractivity contribution in [1.29, 1.82) is 0 Å². The summed E-state index contributed by atoms with van der Waals surface area (Å²) >= 11 is 5.81. The van der Waals surface area contributed by atoms with Gasteiger partial charge in [0.1, 0.15) is 4.90 Å². The van der Waals surface area contributed by atoms with Crippen LogP contribution in [0.1, 0.15) is 6.92 Å². The zero-order valence-electron chi connectivity index (χ0n) is 9.72. The highest BCUT2D eigenvalue weighted by molar-refractivity contribution is 7.89. The number of nitrogens with one attached hydrogen (secondary N) is 1. The number of hydrogen-bond donors (Lipinski definition) is 4. The summed E-state index contributed by atoms with van der Waals surface area (Å²) in [6, 6.07) is 3.97. The van der Waals surface area contributed by atoms with Gasteiger partial charge in [-0.3, -0.25) is 0 Å². The van der Waals surface area contributed by atoms with Crippen LogP contribution in [0.25, 0.3) is 0 Å². The van der Waals surface area contributed by atoms with E-state index in [4.69, 9.17) is 27.5 Å². The van der Waals surface area contributed by atoms with Gasteiger partial charge in [0, 0.05) is 5.69 Å². The molecule has 0 aliphatic heterocycles. The van der Waals surface area contributed by atoms with Gasteiger partial charge in [0.2, 0.25) is 10.0 Å². The highest BCUT2D eigenvalue weighted by Gasteiger charge is 2.30. The van der Waals surface area contributed by atoms with Gasteiger partial charge in [-0.25, -0.2) is 13.1 Å². The molecule has 0 atom stereocenters. The van der Waals surface area contributed by atoms with Crippen LogP contribution in [0.3, 0.4) is 0 Å². The Morgan fingerprint density at radius 1 is 1.39 bits per heavy atom. The zero-order chi connectivity index (χ0) is 14.0. The Balaban J connectivity index is 3.15. The van der Waals surface area contributed by atoms with Gasteiger partial charge in [0.15, 0.2) is 0 Å². The molecule has 1 aromatic carbocycles. The van der Waals surface area contributed by atoms with Crippen molar-refractivity contribution >= 4 is 27.3 Å². The number of sulfonamides is 1. The third-order valence-corrected chi connectivity index (χ3v) is 4.45. The van der Waals surface area contributed by atoms with Crippen molar-refractivity contribution in [2.75, 3.05) is 18.9 Å². The topological polar surface area (TPSA) is 113 Å². The summed E-state index contributed by atoms with van der Waals surface area (Å²) in [6.07, 6.45) is 0. The van der Waals surface area contributed by atoms with E-state index in [1.807, 2.05) is 0 Å². The first kappa shape index (κ1) is 15.2. The standard InChI is InChI=1S/C10H15ClN2O4S/c1-10(5-14,6-15)13-18(16,17)9-3-2-7(12)4-8(9)11/h2-4,13-15H,5-6,12H2,1H3. The third kappa shape index (κ3) is 3.33. The number of rotatable bonds is 5. The Labute approximate surface area is 110 Å². The van der Waals surface area contributed by atoms with Crippen molar-refractivity contribution in [2.24, 2.45) is 0 Å². The van der Waals surface area contributed by atoms with Gasteiger partial charge in [0.05, 0.1) is 23.8 Å². The predicted octanol–water partition coefficient (Wildman–Crippen LogP) is -0.0562. The minimum Gasteiger partial charge on any atom is -0.399 e. The quantitative estimate of drug-likeness (QED) is 0.569. The minimum absolute atomic E-state index is 0.0271. The molecule has 8 heteroatoms. The van der Waals surface area contributed by atoms with Gasteiger partial charge >= 0.3 is 0 Å². The molecule has 0 fully saturated rings. The molecule has 1 aromatic rings. The van der Waals surface area contributed by atoms with Gasteiger partial charge in [-0.1, -0.05) is 11.6 Å². The van der Waals surface area contributed by atoms with Crippen LogP contribution in [0.2, 0.25) is 5.02 Å². The Kier molecular flexibility index (Phi) is 4.57. The summed E-state index contributed by atoms with van der Waals surface area (Å²) in [6.45, 7) is 0.278. The molecule has 1 rings (SSSR count). The Hall–Kier alpha value is -0.860. The second-order valence-electron chi connectivity index (χ2n) is 4.17. The van der Waals surface area contributed by atoms with E-state index >= 15 is 0 Å². The van der Waals surface area contributed by atoms with Gasteiger partial charge in [0.25, 0.3) is 0 Å². The molecule has 0 aliphatic carbocycles. The number of nitrogens with two attached hydrogens (primary N) is 1. The molecule has 102 valence electrons. The van der Waals surface area contributed by atoms with Crippen LogP contribution < -0.4 is 10.5 Å². The number of hydrogen-bond acceptors (Lipinski definition) is 5. The van der Waals surface area contributed by atoms with E-state index in [1.165, 1.54) is 25.1 Å². The normalized spacial score (nSPS) is 12.7. The lowest BCUT2D eigenvalue weighted by molar-refractivity contribution is 0.122. The Bertz CT molecular complexity index is 529. The first-order valence-electron chi connectivity index (χ1n) is 5.05. The van der Waals surface area contributed by atoms with Gasteiger partial charge in [-0.15, -0.1) is 0 Å². The summed E-state index contributed by atoms with van der Waals surface area (Å²) in [7, 11) is -3.95. The van der Waals surface area contributed by atoms with Gasteiger partial charge in [-0.05, 0) is 25.1 Å². The molecule has 0 bridgehead atoms. The van der Waals surface area contributed by atoms with Crippen molar-refractivity contribution in [3.63, 3.8) is 0 Å². The van der Waals surface area contributed by atoms with Crippen LogP contribution in [-0.2, 0) is 10.0 Å². The fourth-order valence-electron chi connectivity index (χ4n) is 1.23. The van der Waals surface area contributed by atoms with Crippen molar-refractivity contribution in [2.45, 2.75) is 17.4 Å². The molecule has 0 saturated carbocycles. The van der Waals surface area contributed by atoms with Gasteiger partial charge in [-0.2, -0.15) is 0 Å². The van der Waals surface area contributed by atoms with Crippen LogP contribution in [-0.4, -0.2) is 37.4 Å². The maximum absolute atomic E-state index is 12.0. The highest BCUT2D eigenvalue weighted by atomic mass is 35.5. The van der Waals surface area contributed by atoms with E-state index in [1.54, 1.807) is 0 Å². The average Bonchev–Trinajstić information content (AvgIpc) is 2.27. The lowest BCUT2D eigenvalue weighted by Crippen LogP contribution is -2.51. The predicted molar refractivity (Wildman–Crippen MR) is 68.8 cm³/mol. The molecule has 0 spiro atoms. The molecule has 0 unspecified atom stereocenters. The molecule has 0 aliphatic rings. The molecule has 0 radical (unpaired) electrons. The molecule has 5 N–H and O–H groups in total. The SMILES string of the molecule is CC(CO)(CO)NS(=O)(=O)c1ccc(N)cc1Cl. The van der Waals surface area contributed by atoms with Crippen LogP contribution in [0.4, 0.5) is 5.69 Å². The molecular weight excluding hydrogens is 280 g/mol. The summed E-state index contributed by atoms with van der Waals surface area (Å²) in [5.41, 5.74) is 4.45. The number of halogens is 1. The number of nitrogen functional groups attached to an aromatic ring is 1. The van der Waals surface area contributed by atoms with E-state index in [2.05, 4.69) is 4.72 Å². The summed E-state index contributed by atoms with van der Waals surface area (Å²) in [4.78, 5) is -0.161. The van der Waals surface area contributed by atoms with Crippen LogP contribution in [0.15, 0.2) is 23.1 Å². The average molecular weight is 295 g/mol. The molecular formula is C10H15ClN2O4S. The van der Waals surface area contributed by atoms with Crippen molar-refractivity contribution in [3.05, 3.63) is 23.2 Å². The monoisotopic (exact) mass is 294 g/mol. The summed E-state index contributed by atoms with van der Waals surface area (Å²) in [5, 5.41) is 18.1. The summed E-state index contributed by atoms with van der Waals surface area (Å²) < 4.78 is 26.3. The van der Waals surface area contributed by atoms with Gasteiger partial charge < -0.3 is 15.9 Å². The number of aliphatic hydroxyl groups excluding tert-OH is 2. The molecule has 0 saturated heterocycles. The zero-order valence-corrected chi connectivity index (χ0v) is 11.3. The van der Waals surface area contributed by atoms with Crippen molar-refractivity contribution in [3.8, 4) is 0 Å². The molecule has 0 aromatic heterocycles. The lowest BCUT2D eigenvalue weighted by Gasteiger charge is -2.26. The van der Waals surface area contributed by atoms with E-state index in [0.29, 0.717) is 5.69 Å². The lowest BCUT2D eigenvalue weighted by atomic mass is 10.1. The fraction of sp³-hybridized carbons (Fsp3) is 0.400. The highest BCUT2D eigenvalue weighted by Crippen LogP contribution is 2.24. The Morgan fingerprint density at radius 3 is 2.39 bits per heavy atom. The fourth-order valence-corrected chi connectivity index (χ4v) is 3.17. The molecule has 0 amide bonds. The third-order valence-electron chi connectivity index (χ3n) is 2.32. The number of benzene rings is 1. The minimum atomic E-state index is -3.95. The second kappa shape index (κ2) is 5.41. The first-order chi connectivity index (χ1) is 8.24. The van der Waals surface area contributed by atoms with Crippen molar-refractivity contribution < 1.29 is 18.6 Å². The van der Waals surface area contributed by atoms with Crippen molar-refractivity contribution in [1.82, 2.24) is 4.72 Å². The first-order valence-corrected chi connectivity index (χ1v) is 6.91. The molecule has 6 nitrogen and oxygen atoms in total. The van der Waals surface area contributed by atoms with Crippen LogP contribution in [0, 0.1) is 0 Å². The van der Waals surface area contributed by atoms with E-state index in [9.17, 15) is 8.42 Å². The smallest absolute Gasteiger partial charge is 0.242 e.